The van der Waals surface area contributed by atoms with E-state index in [1.165, 1.54) is 6.92 Å². The smallest absolute Gasteiger partial charge is 0.222 e. The molecule has 2 amide bonds. The highest BCUT2D eigenvalue weighted by Crippen LogP contribution is 2.35. The molecule has 2 aromatic carbocycles. The van der Waals surface area contributed by atoms with Crippen molar-refractivity contribution in [3.05, 3.63) is 58.7 Å². The van der Waals surface area contributed by atoms with Crippen LogP contribution < -0.4 is 20.1 Å². The molecule has 0 saturated heterocycles. The summed E-state index contributed by atoms with van der Waals surface area (Å²) in [6.45, 7) is 8.32. The molecule has 6 heteroatoms. The molecule has 2 atom stereocenters. The first-order valence-electron chi connectivity index (χ1n) is 10.4. The molecule has 6 nitrogen and oxygen atoms in total. The van der Waals surface area contributed by atoms with Crippen molar-refractivity contribution < 1.29 is 19.1 Å². The Bertz CT molecular complexity index is 908. The average molecular weight is 411 g/mol. The normalized spacial score (nSPS) is 15.7. The second-order valence-electron chi connectivity index (χ2n) is 7.78. The van der Waals surface area contributed by atoms with Crippen LogP contribution in [0.1, 0.15) is 55.5 Å². The van der Waals surface area contributed by atoms with Crippen molar-refractivity contribution in [3.63, 3.8) is 0 Å². The van der Waals surface area contributed by atoms with E-state index in [1.807, 2.05) is 57.2 Å². The molecule has 0 aliphatic carbocycles. The SMILES string of the molecule is CCOc1cc2c(cc1CNC(=O)C[C@@H](NC(C)=O)c1ccc(C)cc1)O[C@@H](C)C2. The molecule has 0 bridgehead atoms. The van der Waals surface area contributed by atoms with Crippen molar-refractivity contribution >= 4 is 11.8 Å². The summed E-state index contributed by atoms with van der Waals surface area (Å²) < 4.78 is 11.6. The maximum absolute atomic E-state index is 12.7. The van der Waals surface area contributed by atoms with Crippen LogP contribution in [-0.2, 0) is 22.6 Å². The molecular weight excluding hydrogens is 380 g/mol. The van der Waals surface area contributed by atoms with Crippen LogP contribution in [0.2, 0.25) is 0 Å². The van der Waals surface area contributed by atoms with Gasteiger partial charge < -0.3 is 20.1 Å². The fourth-order valence-electron chi connectivity index (χ4n) is 3.66. The topological polar surface area (TPSA) is 76.7 Å². The number of fused-ring (bicyclic) bond motifs is 1. The lowest BCUT2D eigenvalue weighted by Crippen LogP contribution is -2.32. The second-order valence-corrected chi connectivity index (χ2v) is 7.78. The molecule has 2 N–H and O–H groups in total. The van der Waals surface area contributed by atoms with Crippen molar-refractivity contribution in [2.24, 2.45) is 0 Å². The number of ether oxygens (including phenoxy) is 2. The van der Waals surface area contributed by atoms with Crippen LogP contribution >= 0.6 is 0 Å². The number of benzene rings is 2. The van der Waals surface area contributed by atoms with Crippen LogP contribution in [0, 0.1) is 6.92 Å². The van der Waals surface area contributed by atoms with Crippen molar-refractivity contribution in [2.45, 2.75) is 59.2 Å². The average Bonchev–Trinajstić information content (AvgIpc) is 3.05. The summed E-state index contributed by atoms with van der Waals surface area (Å²) >= 11 is 0. The lowest BCUT2D eigenvalue weighted by molar-refractivity contribution is -0.122. The molecule has 0 radical (unpaired) electrons. The number of rotatable bonds is 8. The third-order valence-electron chi connectivity index (χ3n) is 5.10. The van der Waals surface area contributed by atoms with Gasteiger partial charge in [-0.05, 0) is 38.5 Å². The Morgan fingerprint density at radius 2 is 1.97 bits per heavy atom. The van der Waals surface area contributed by atoms with E-state index >= 15 is 0 Å². The van der Waals surface area contributed by atoms with Gasteiger partial charge >= 0.3 is 0 Å². The molecule has 0 fully saturated rings. The standard InChI is InChI=1S/C24H30N2O4/c1-5-29-22-11-19-10-16(3)30-23(19)12-20(22)14-25-24(28)13-21(26-17(4)27)18-8-6-15(2)7-9-18/h6-9,11-12,16,21H,5,10,13-14H2,1-4H3,(H,25,28)(H,26,27)/t16-,21+/m0/s1. The number of aryl methyl sites for hydroxylation is 1. The lowest BCUT2D eigenvalue weighted by atomic mass is 10.0. The van der Waals surface area contributed by atoms with E-state index in [2.05, 4.69) is 10.6 Å². The molecule has 30 heavy (non-hydrogen) atoms. The quantitative estimate of drug-likeness (QED) is 0.697. The summed E-state index contributed by atoms with van der Waals surface area (Å²) in [6, 6.07) is 11.4. The molecule has 0 saturated carbocycles. The Kier molecular flexibility index (Phi) is 6.98. The highest BCUT2D eigenvalue weighted by atomic mass is 16.5. The fourth-order valence-corrected chi connectivity index (χ4v) is 3.66. The minimum Gasteiger partial charge on any atom is -0.494 e. The van der Waals surface area contributed by atoms with Crippen LogP contribution in [0.15, 0.2) is 36.4 Å². The number of hydrogen-bond donors (Lipinski definition) is 2. The predicted molar refractivity (Wildman–Crippen MR) is 116 cm³/mol. The number of amides is 2. The van der Waals surface area contributed by atoms with Gasteiger partial charge in [0.05, 0.1) is 19.1 Å². The first-order chi connectivity index (χ1) is 14.4. The van der Waals surface area contributed by atoms with Crippen LogP contribution in [0.3, 0.4) is 0 Å². The summed E-state index contributed by atoms with van der Waals surface area (Å²) in [6.07, 6.45) is 1.16. The molecule has 0 spiro atoms. The van der Waals surface area contributed by atoms with Crippen molar-refractivity contribution in [1.82, 2.24) is 10.6 Å². The van der Waals surface area contributed by atoms with Gasteiger partial charge in [-0.15, -0.1) is 0 Å². The Morgan fingerprint density at radius 1 is 1.23 bits per heavy atom. The van der Waals surface area contributed by atoms with E-state index in [1.54, 1.807) is 0 Å². The molecule has 1 aliphatic rings. The van der Waals surface area contributed by atoms with Gasteiger partial charge in [-0.1, -0.05) is 29.8 Å². The fraction of sp³-hybridized carbons (Fsp3) is 0.417. The minimum absolute atomic E-state index is 0.146. The number of carbonyl (C=O) groups excluding carboxylic acids is 2. The molecule has 0 unspecified atom stereocenters. The van der Waals surface area contributed by atoms with E-state index in [0.29, 0.717) is 13.2 Å². The predicted octanol–water partition coefficient (Wildman–Crippen LogP) is 3.60. The summed E-state index contributed by atoms with van der Waals surface area (Å²) in [5, 5.41) is 5.83. The summed E-state index contributed by atoms with van der Waals surface area (Å²) in [4.78, 5) is 24.3. The van der Waals surface area contributed by atoms with E-state index in [4.69, 9.17) is 9.47 Å². The van der Waals surface area contributed by atoms with Crippen molar-refractivity contribution in [3.8, 4) is 11.5 Å². The Morgan fingerprint density at radius 3 is 2.63 bits per heavy atom. The first-order valence-corrected chi connectivity index (χ1v) is 10.4. The molecule has 160 valence electrons. The Hall–Kier alpha value is -3.02. The monoisotopic (exact) mass is 410 g/mol. The molecule has 1 heterocycles. The van der Waals surface area contributed by atoms with Gasteiger partial charge in [-0.3, -0.25) is 9.59 Å². The van der Waals surface area contributed by atoms with Crippen LogP contribution in [0.4, 0.5) is 0 Å². The number of carbonyl (C=O) groups is 2. The van der Waals surface area contributed by atoms with E-state index in [-0.39, 0.29) is 30.4 Å². The van der Waals surface area contributed by atoms with Crippen LogP contribution in [0.5, 0.6) is 11.5 Å². The molecule has 1 aliphatic heterocycles. The highest BCUT2D eigenvalue weighted by Gasteiger charge is 2.22. The molecule has 2 aromatic rings. The van der Waals surface area contributed by atoms with Crippen LogP contribution in [0.25, 0.3) is 0 Å². The highest BCUT2D eigenvalue weighted by molar-refractivity contribution is 5.79. The van der Waals surface area contributed by atoms with Crippen molar-refractivity contribution in [1.29, 1.82) is 0 Å². The number of hydrogen-bond acceptors (Lipinski definition) is 4. The third kappa shape index (κ3) is 5.53. The van der Waals surface area contributed by atoms with E-state index < -0.39 is 0 Å². The van der Waals surface area contributed by atoms with Gasteiger partial charge in [0.25, 0.3) is 0 Å². The first kappa shape index (κ1) is 21.7. The van der Waals surface area contributed by atoms with Gasteiger partial charge in [0, 0.05) is 31.0 Å². The minimum atomic E-state index is -0.376. The largest absolute Gasteiger partial charge is 0.494 e. The summed E-state index contributed by atoms with van der Waals surface area (Å²) in [5.74, 6) is 1.31. The Labute approximate surface area is 178 Å². The van der Waals surface area contributed by atoms with Crippen LogP contribution in [-0.4, -0.2) is 24.5 Å². The molecular formula is C24H30N2O4. The second kappa shape index (κ2) is 9.65. The van der Waals surface area contributed by atoms with Crippen molar-refractivity contribution in [2.75, 3.05) is 6.61 Å². The zero-order chi connectivity index (χ0) is 21.7. The van der Waals surface area contributed by atoms with E-state index in [9.17, 15) is 9.59 Å². The Balaban J connectivity index is 1.68. The maximum atomic E-state index is 12.7. The molecule has 0 aromatic heterocycles. The lowest BCUT2D eigenvalue weighted by Gasteiger charge is -2.19. The zero-order valence-electron chi connectivity index (χ0n) is 18.1. The maximum Gasteiger partial charge on any atom is 0.222 e. The van der Waals surface area contributed by atoms with Gasteiger partial charge in [0.1, 0.15) is 17.6 Å². The summed E-state index contributed by atoms with van der Waals surface area (Å²) in [7, 11) is 0. The summed E-state index contributed by atoms with van der Waals surface area (Å²) in [5.41, 5.74) is 4.04. The number of nitrogens with one attached hydrogen (secondary N) is 2. The molecule has 3 rings (SSSR count). The van der Waals surface area contributed by atoms with Gasteiger partial charge in [0.2, 0.25) is 11.8 Å². The zero-order valence-corrected chi connectivity index (χ0v) is 18.1. The van der Waals surface area contributed by atoms with Gasteiger partial charge in [-0.25, -0.2) is 0 Å². The van der Waals surface area contributed by atoms with Gasteiger partial charge in [0.15, 0.2) is 0 Å². The third-order valence-corrected chi connectivity index (χ3v) is 5.10. The van der Waals surface area contributed by atoms with Gasteiger partial charge in [-0.2, -0.15) is 0 Å². The van der Waals surface area contributed by atoms with E-state index in [0.717, 1.165) is 40.2 Å².